The average Bonchev–Trinajstić information content (AvgIpc) is 2.12. The van der Waals surface area contributed by atoms with Gasteiger partial charge in [0.15, 0.2) is 0 Å². The number of hydrogen-bond acceptors (Lipinski definition) is 1. The van der Waals surface area contributed by atoms with Crippen molar-refractivity contribution in [3.63, 3.8) is 0 Å². The van der Waals surface area contributed by atoms with Gasteiger partial charge in [0.05, 0.1) is 5.02 Å². The molecule has 1 nitrogen and oxygen atoms in total. The maximum atomic E-state index is 9.38. The third kappa shape index (κ3) is 1.36. The minimum atomic E-state index is 0.139. The van der Waals surface area contributed by atoms with Gasteiger partial charge in [-0.05, 0) is 24.4 Å². The highest BCUT2D eigenvalue weighted by molar-refractivity contribution is 6.37. The maximum Gasteiger partial charge on any atom is 0.134 e. The number of rotatable bonds is 0. The molecular weight excluding hydrogens is 184 g/mol. The standard InChI is InChI=1S/C11H9ClO/c1-7-2-3-8-4-5-10(13)11(12)9(8)6-7/h2-6,13H,1H3. The number of aryl methyl sites for hydroxylation is 1. The molecule has 0 bridgehead atoms. The minimum absolute atomic E-state index is 0.139. The summed E-state index contributed by atoms with van der Waals surface area (Å²) in [5.41, 5.74) is 1.14. The third-order valence-corrected chi connectivity index (χ3v) is 2.49. The Labute approximate surface area is 81.6 Å². The SMILES string of the molecule is Cc1ccc2ccc(O)c(Cl)c2c1. The van der Waals surface area contributed by atoms with Crippen LogP contribution in [0.25, 0.3) is 10.8 Å². The molecule has 1 N–H and O–H groups in total. The largest absolute Gasteiger partial charge is 0.506 e. The zero-order chi connectivity index (χ0) is 9.42. The van der Waals surface area contributed by atoms with Crippen LogP contribution in [0.1, 0.15) is 5.56 Å². The molecule has 66 valence electrons. The molecule has 0 radical (unpaired) electrons. The van der Waals surface area contributed by atoms with Crippen LogP contribution in [0.2, 0.25) is 5.02 Å². The number of benzene rings is 2. The molecule has 0 fully saturated rings. The van der Waals surface area contributed by atoms with Crippen LogP contribution in [-0.2, 0) is 0 Å². The van der Waals surface area contributed by atoms with E-state index in [1.54, 1.807) is 6.07 Å². The molecular formula is C11H9ClO. The first-order valence-corrected chi connectivity index (χ1v) is 4.44. The Morgan fingerprint density at radius 1 is 1.15 bits per heavy atom. The minimum Gasteiger partial charge on any atom is -0.506 e. The highest BCUT2D eigenvalue weighted by Gasteiger charge is 2.03. The van der Waals surface area contributed by atoms with Crippen LogP contribution in [0.4, 0.5) is 0 Å². The molecule has 0 amide bonds. The normalized spacial score (nSPS) is 10.6. The Morgan fingerprint density at radius 3 is 2.62 bits per heavy atom. The number of halogens is 1. The van der Waals surface area contributed by atoms with Gasteiger partial charge in [0.25, 0.3) is 0 Å². The second-order valence-electron chi connectivity index (χ2n) is 3.12. The van der Waals surface area contributed by atoms with Crippen molar-refractivity contribution in [1.82, 2.24) is 0 Å². The first-order chi connectivity index (χ1) is 6.18. The Balaban J connectivity index is 2.89. The summed E-state index contributed by atoms with van der Waals surface area (Å²) in [5, 5.41) is 11.8. The average molecular weight is 193 g/mol. The summed E-state index contributed by atoms with van der Waals surface area (Å²) in [5.74, 6) is 0.139. The molecule has 0 saturated heterocycles. The molecule has 0 saturated carbocycles. The summed E-state index contributed by atoms with van der Waals surface area (Å²) in [7, 11) is 0. The molecule has 0 spiro atoms. The molecule has 13 heavy (non-hydrogen) atoms. The second-order valence-corrected chi connectivity index (χ2v) is 3.50. The lowest BCUT2D eigenvalue weighted by Crippen LogP contribution is -1.77. The molecule has 0 atom stereocenters. The first-order valence-electron chi connectivity index (χ1n) is 4.06. The zero-order valence-corrected chi connectivity index (χ0v) is 7.97. The predicted molar refractivity (Wildman–Crippen MR) is 55.4 cm³/mol. The quantitative estimate of drug-likeness (QED) is 0.677. The molecule has 0 aliphatic rings. The number of phenolic OH excluding ortho intramolecular Hbond substituents is 1. The van der Waals surface area contributed by atoms with E-state index < -0.39 is 0 Å². The van der Waals surface area contributed by atoms with Gasteiger partial charge in [0.1, 0.15) is 5.75 Å². The van der Waals surface area contributed by atoms with Crippen molar-refractivity contribution in [3.8, 4) is 5.75 Å². The van der Waals surface area contributed by atoms with Gasteiger partial charge >= 0.3 is 0 Å². The smallest absolute Gasteiger partial charge is 0.134 e. The molecule has 0 aromatic heterocycles. The van der Waals surface area contributed by atoms with E-state index in [1.165, 1.54) is 0 Å². The Morgan fingerprint density at radius 2 is 1.85 bits per heavy atom. The summed E-state index contributed by atoms with van der Waals surface area (Å²) in [6.07, 6.45) is 0. The van der Waals surface area contributed by atoms with Gasteiger partial charge in [-0.15, -0.1) is 0 Å². The van der Waals surface area contributed by atoms with Crippen molar-refractivity contribution >= 4 is 22.4 Å². The Hall–Kier alpha value is -1.21. The fourth-order valence-electron chi connectivity index (χ4n) is 1.39. The van der Waals surface area contributed by atoms with Crippen molar-refractivity contribution in [1.29, 1.82) is 0 Å². The molecule has 2 aromatic carbocycles. The van der Waals surface area contributed by atoms with Crippen LogP contribution < -0.4 is 0 Å². The lowest BCUT2D eigenvalue weighted by Gasteiger charge is -2.03. The molecule has 2 aromatic rings. The fourth-order valence-corrected chi connectivity index (χ4v) is 1.61. The van der Waals surface area contributed by atoms with Crippen molar-refractivity contribution in [2.45, 2.75) is 6.92 Å². The van der Waals surface area contributed by atoms with Crippen LogP contribution in [0.15, 0.2) is 30.3 Å². The zero-order valence-electron chi connectivity index (χ0n) is 7.21. The van der Waals surface area contributed by atoms with Gasteiger partial charge in [-0.25, -0.2) is 0 Å². The van der Waals surface area contributed by atoms with Crippen LogP contribution in [0.3, 0.4) is 0 Å². The molecule has 0 unspecified atom stereocenters. The summed E-state index contributed by atoms with van der Waals surface area (Å²) in [6.45, 7) is 2.00. The highest BCUT2D eigenvalue weighted by atomic mass is 35.5. The molecule has 2 rings (SSSR count). The van der Waals surface area contributed by atoms with E-state index in [1.807, 2.05) is 31.2 Å². The van der Waals surface area contributed by atoms with Crippen LogP contribution in [0.5, 0.6) is 5.75 Å². The van der Waals surface area contributed by atoms with E-state index in [0.717, 1.165) is 16.3 Å². The van der Waals surface area contributed by atoms with Gasteiger partial charge in [-0.1, -0.05) is 35.4 Å². The Bertz CT molecular complexity index is 458. The van der Waals surface area contributed by atoms with Crippen LogP contribution in [-0.4, -0.2) is 5.11 Å². The summed E-state index contributed by atoms with van der Waals surface area (Å²) in [6, 6.07) is 9.46. The highest BCUT2D eigenvalue weighted by Crippen LogP contribution is 2.31. The molecule has 0 aliphatic carbocycles. The fraction of sp³-hybridized carbons (Fsp3) is 0.0909. The van der Waals surface area contributed by atoms with Crippen LogP contribution >= 0.6 is 11.6 Å². The summed E-state index contributed by atoms with van der Waals surface area (Å²) in [4.78, 5) is 0. The second kappa shape index (κ2) is 2.93. The van der Waals surface area contributed by atoms with Gasteiger partial charge < -0.3 is 5.11 Å². The molecule has 0 aliphatic heterocycles. The van der Waals surface area contributed by atoms with Gasteiger partial charge in [0, 0.05) is 5.39 Å². The summed E-state index contributed by atoms with van der Waals surface area (Å²) < 4.78 is 0. The molecule has 0 heterocycles. The topological polar surface area (TPSA) is 20.2 Å². The van der Waals surface area contributed by atoms with E-state index in [4.69, 9.17) is 11.6 Å². The van der Waals surface area contributed by atoms with Crippen molar-refractivity contribution in [2.75, 3.05) is 0 Å². The third-order valence-electron chi connectivity index (χ3n) is 2.09. The van der Waals surface area contributed by atoms with E-state index in [0.29, 0.717) is 5.02 Å². The van der Waals surface area contributed by atoms with Crippen LogP contribution in [0, 0.1) is 6.92 Å². The number of phenols is 1. The number of fused-ring (bicyclic) bond motifs is 1. The van der Waals surface area contributed by atoms with Crippen molar-refractivity contribution in [3.05, 3.63) is 40.9 Å². The van der Waals surface area contributed by atoms with E-state index in [2.05, 4.69) is 0 Å². The van der Waals surface area contributed by atoms with E-state index in [9.17, 15) is 5.11 Å². The monoisotopic (exact) mass is 192 g/mol. The van der Waals surface area contributed by atoms with E-state index in [-0.39, 0.29) is 5.75 Å². The lowest BCUT2D eigenvalue weighted by molar-refractivity contribution is 0.476. The van der Waals surface area contributed by atoms with Gasteiger partial charge in [0.2, 0.25) is 0 Å². The van der Waals surface area contributed by atoms with E-state index >= 15 is 0 Å². The summed E-state index contributed by atoms with van der Waals surface area (Å²) >= 11 is 5.95. The molecule has 2 heteroatoms. The first kappa shape index (κ1) is 8.39. The van der Waals surface area contributed by atoms with Crippen molar-refractivity contribution in [2.24, 2.45) is 0 Å². The number of aromatic hydroxyl groups is 1. The Kier molecular flexibility index (Phi) is 1.89. The lowest BCUT2D eigenvalue weighted by atomic mass is 10.1. The number of hydrogen-bond donors (Lipinski definition) is 1. The maximum absolute atomic E-state index is 9.38. The van der Waals surface area contributed by atoms with Crippen molar-refractivity contribution < 1.29 is 5.11 Å². The van der Waals surface area contributed by atoms with Gasteiger partial charge in [-0.2, -0.15) is 0 Å². The van der Waals surface area contributed by atoms with Gasteiger partial charge in [-0.3, -0.25) is 0 Å². The predicted octanol–water partition coefficient (Wildman–Crippen LogP) is 3.51.